The van der Waals surface area contributed by atoms with Gasteiger partial charge in [-0.1, -0.05) is 31.5 Å². The molecule has 2 rings (SSSR count). The van der Waals surface area contributed by atoms with E-state index in [0.717, 1.165) is 18.4 Å². The molecule has 7 nitrogen and oxygen atoms in total. The minimum atomic E-state index is -0.403. The summed E-state index contributed by atoms with van der Waals surface area (Å²) in [6, 6.07) is 7.10. The molecule has 0 spiro atoms. The molecule has 7 N–H and O–H groups in total. The first-order valence-corrected chi connectivity index (χ1v) is 8.41. The molecule has 1 amide bonds. The third kappa shape index (κ3) is 4.05. The number of pyridine rings is 1. The average Bonchev–Trinajstić information content (AvgIpc) is 2.67. The SMILES string of the molecule is CCCCNC(=O)/C(N)=C(\N)c1cccc(-c2cnccc2OC)c1N. The summed E-state index contributed by atoms with van der Waals surface area (Å²) in [6.45, 7) is 2.59. The largest absolute Gasteiger partial charge is 0.496 e. The molecule has 1 aromatic heterocycles. The number of nitrogens with one attached hydrogen (secondary N) is 1. The van der Waals surface area contributed by atoms with Crippen LogP contribution in [-0.4, -0.2) is 24.5 Å². The van der Waals surface area contributed by atoms with Crippen LogP contribution in [0.2, 0.25) is 0 Å². The minimum absolute atomic E-state index is 0.0527. The molecule has 0 aliphatic heterocycles. The van der Waals surface area contributed by atoms with Crippen LogP contribution in [0.1, 0.15) is 25.3 Å². The Labute approximate surface area is 153 Å². The van der Waals surface area contributed by atoms with E-state index in [0.29, 0.717) is 29.1 Å². The first kappa shape index (κ1) is 19.1. The molecule has 7 heteroatoms. The molecule has 0 atom stereocenters. The standard InChI is InChI=1S/C19H25N5O2/c1-3-4-9-24-19(25)18(22)17(21)13-7-5-6-12(16(13)20)14-11-23-10-8-15(14)26-2/h5-8,10-11H,3-4,9,20-22H2,1-2H3,(H,24,25)/b18-17+. The van der Waals surface area contributed by atoms with Crippen molar-refractivity contribution in [2.24, 2.45) is 11.5 Å². The molecule has 2 aromatic rings. The van der Waals surface area contributed by atoms with Crippen LogP contribution in [0.5, 0.6) is 5.75 Å². The molecule has 26 heavy (non-hydrogen) atoms. The average molecular weight is 355 g/mol. The Morgan fingerprint density at radius 3 is 2.69 bits per heavy atom. The third-order valence-corrected chi connectivity index (χ3v) is 4.04. The monoisotopic (exact) mass is 355 g/mol. The highest BCUT2D eigenvalue weighted by Gasteiger charge is 2.16. The number of nitrogens with two attached hydrogens (primary N) is 3. The van der Waals surface area contributed by atoms with Crippen molar-refractivity contribution < 1.29 is 9.53 Å². The summed E-state index contributed by atoms with van der Waals surface area (Å²) in [7, 11) is 1.58. The van der Waals surface area contributed by atoms with Crippen LogP contribution in [-0.2, 0) is 4.79 Å². The van der Waals surface area contributed by atoms with Gasteiger partial charge >= 0.3 is 0 Å². The summed E-state index contributed by atoms with van der Waals surface area (Å²) < 4.78 is 5.37. The van der Waals surface area contributed by atoms with Gasteiger partial charge in [0.25, 0.3) is 5.91 Å². The number of anilines is 1. The Bertz CT molecular complexity index is 817. The maximum Gasteiger partial charge on any atom is 0.269 e. The lowest BCUT2D eigenvalue weighted by Gasteiger charge is -2.15. The lowest BCUT2D eigenvalue weighted by atomic mass is 9.98. The van der Waals surface area contributed by atoms with Crippen LogP contribution >= 0.6 is 0 Å². The van der Waals surface area contributed by atoms with E-state index >= 15 is 0 Å². The molecule has 0 saturated heterocycles. The normalized spacial score (nSPS) is 11.6. The number of hydrogen-bond donors (Lipinski definition) is 4. The number of amides is 1. The van der Waals surface area contributed by atoms with E-state index < -0.39 is 5.91 Å². The van der Waals surface area contributed by atoms with Crippen molar-refractivity contribution >= 4 is 17.3 Å². The fourth-order valence-electron chi connectivity index (χ4n) is 2.54. The molecule has 1 heterocycles. The first-order chi connectivity index (χ1) is 12.5. The van der Waals surface area contributed by atoms with E-state index in [9.17, 15) is 4.79 Å². The van der Waals surface area contributed by atoms with E-state index in [4.69, 9.17) is 21.9 Å². The smallest absolute Gasteiger partial charge is 0.269 e. The lowest BCUT2D eigenvalue weighted by molar-refractivity contribution is -0.117. The third-order valence-electron chi connectivity index (χ3n) is 4.04. The summed E-state index contributed by atoms with van der Waals surface area (Å²) in [5.74, 6) is 0.233. The van der Waals surface area contributed by atoms with E-state index in [1.54, 1.807) is 37.7 Å². The van der Waals surface area contributed by atoms with Crippen LogP contribution in [0.25, 0.3) is 16.8 Å². The van der Waals surface area contributed by atoms with Gasteiger partial charge in [0.2, 0.25) is 0 Å². The predicted octanol–water partition coefficient (Wildman–Crippen LogP) is 1.84. The molecule has 138 valence electrons. The van der Waals surface area contributed by atoms with Gasteiger partial charge in [-0.2, -0.15) is 0 Å². The van der Waals surface area contributed by atoms with E-state index in [1.165, 1.54) is 0 Å². The van der Waals surface area contributed by atoms with Gasteiger partial charge in [0.1, 0.15) is 11.4 Å². The molecule has 0 aliphatic carbocycles. The number of methoxy groups -OCH3 is 1. The number of benzene rings is 1. The molecule has 0 aliphatic rings. The molecular formula is C19H25N5O2. The number of rotatable bonds is 7. The summed E-state index contributed by atoms with van der Waals surface area (Å²) >= 11 is 0. The number of unbranched alkanes of at least 4 members (excludes halogenated alkanes) is 1. The zero-order valence-electron chi connectivity index (χ0n) is 15.1. The number of carbonyl (C=O) groups excluding carboxylic acids is 1. The van der Waals surface area contributed by atoms with E-state index in [1.807, 2.05) is 13.0 Å². The zero-order valence-corrected chi connectivity index (χ0v) is 15.1. The zero-order chi connectivity index (χ0) is 19.1. The number of nitrogen functional groups attached to an aromatic ring is 1. The van der Waals surface area contributed by atoms with Crippen molar-refractivity contribution in [1.29, 1.82) is 0 Å². The van der Waals surface area contributed by atoms with Crippen molar-refractivity contribution in [2.45, 2.75) is 19.8 Å². The van der Waals surface area contributed by atoms with Crippen LogP contribution in [0.3, 0.4) is 0 Å². The van der Waals surface area contributed by atoms with Crippen molar-refractivity contribution in [3.05, 3.63) is 47.9 Å². The van der Waals surface area contributed by atoms with Crippen LogP contribution in [0, 0.1) is 0 Å². The molecule has 1 aromatic carbocycles. The fraction of sp³-hybridized carbons (Fsp3) is 0.263. The number of nitrogens with zero attached hydrogens (tertiary/aromatic N) is 1. The summed E-state index contributed by atoms with van der Waals surface area (Å²) in [4.78, 5) is 16.3. The number of hydrogen-bond acceptors (Lipinski definition) is 6. The molecule has 0 fully saturated rings. The van der Waals surface area contributed by atoms with Crippen LogP contribution < -0.4 is 27.3 Å². The van der Waals surface area contributed by atoms with E-state index in [2.05, 4.69) is 10.3 Å². The Morgan fingerprint density at radius 1 is 1.23 bits per heavy atom. The van der Waals surface area contributed by atoms with Crippen molar-refractivity contribution in [3.8, 4) is 16.9 Å². The Hall–Kier alpha value is -3.22. The summed E-state index contributed by atoms with van der Waals surface area (Å²) in [6.07, 6.45) is 5.14. The Morgan fingerprint density at radius 2 is 2.00 bits per heavy atom. The fourth-order valence-corrected chi connectivity index (χ4v) is 2.54. The van der Waals surface area contributed by atoms with Crippen LogP contribution in [0.15, 0.2) is 42.4 Å². The highest BCUT2D eigenvalue weighted by atomic mass is 16.5. The van der Waals surface area contributed by atoms with Gasteiger partial charge in [0.05, 0.1) is 12.8 Å². The first-order valence-electron chi connectivity index (χ1n) is 8.41. The maximum absolute atomic E-state index is 12.2. The van der Waals surface area contributed by atoms with E-state index in [-0.39, 0.29) is 11.4 Å². The number of carbonyl (C=O) groups is 1. The second-order valence-corrected chi connectivity index (χ2v) is 5.78. The van der Waals surface area contributed by atoms with Gasteiger partial charge in [-0.25, -0.2) is 0 Å². The summed E-state index contributed by atoms with van der Waals surface area (Å²) in [5.41, 5.74) is 20.8. The number of aromatic nitrogens is 1. The van der Waals surface area contributed by atoms with Crippen molar-refractivity contribution in [1.82, 2.24) is 10.3 Å². The van der Waals surface area contributed by atoms with Crippen molar-refractivity contribution in [2.75, 3.05) is 19.4 Å². The molecular weight excluding hydrogens is 330 g/mol. The highest BCUT2D eigenvalue weighted by molar-refractivity contribution is 6.01. The quantitative estimate of drug-likeness (QED) is 0.341. The second-order valence-electron chi connectivity index (χ2n) is 5.78. The van der Waals surface area contributed by atoms with Gasteiger partial charge in [-0.3, -0.25) is 9.78 Å². The van der Waals surface area contributed by atoms with Gasteiger partial charge in [-0.05, 0) is 12.5 Å². The van der Waals surface area contributed by atoms with Gasteiger partial charge < -0.3 is 27.3 Å². The molecule has 0 unspecified atom stereocenters. The summed E-state index contributed by atoms with van der Waals surface area (Å²) in [5, 5.41) is 2.75. The van der Waals surface area contributed by atoms with Crippen molar-refractivity contribution in [3.63, 3.8) is 0 Å². The van der Waals surface area contributed by atoms with Gasteiger partial charge in [0, 0.05) is 41.3 Å². The number of para-hydroxylation sites is 1. The number of ether oxygens (including phenoxy) is 1. The Kier molecular flexibility index (Phi) is 6.43. The molecule has 0 radical (unpaired) electrons. The highest BCUT2D eigenvalue weighted by Crippen LogP contribution is 2.35. The Balaban J connectivity index is 2.42. The van der Waals surface area contributed by atoms with Gasteiger partial charge in [-0.15, -0.1) is 0 Å². The topological polar surface area (TPSA) is 129 Å². The lowest BCUT2D eigenvalue weighted by Crippen LogP contribution is -2.31. The second kappa shape index (κ2) is 8.75. The predicted molar refractivity (Wildman–Crippen MR) is 104 cm³/mol. The minimum Gasteiger partial charge on any atom is -0.496 e. The maximum atomic E-state index is 12.2. The molecule has 0 bridgehead atoms. The van der Waals surface area contributed by atoms with Gasteiger partial charge in [0.15, 0.2) is 0 Å². The molecule has 0 saturated carbocycles. The van der Waals surface area contributed by atoms with Crippen LogP contribution in [0.4, 0.5) is 5.69 Å².